The lowest BCUT2D eigenvalue weighted by molar-refractivity contribution is -0.112. The number of aromatic nitrogens is 3. The standard InChI is InChI=1S/C11H11N3O3S/c1-8(15)3-4-9-7-12-11-10(13-9)5-6-14(11)18(2,16)17/h3-7H,1-2H3/b4-3+. The van der Waals surface area contributed by atoms with Crippen LogP contribution in [-0.2, 0) is 14.8 Å². The highest BCUT2D eigenvalue weighted by atomic mass is 32.2. The first-order valence-electron chi connectivity index (χ1n) is 5.11. The van der Waals surface area contributed by atoms with Crippen molar-refractivity contribution in [2.24, 2.45) is 0 Å². The Labute approximate surface area is 104 Å². The fourth-order valence-corrected chi connectivity index (χ4v) is 2.19. The van der Waals surface area contributed by atoms with Gasteiger partial charge in [0.25, 0.3) is 0 Å². The number of rotatable bonds is 3. The van der Waals surface area contributed by atoms with Gasteiger partial charge < -0.3 is 0 Å². The molecule has 7 heteroatoms. The first kappa shape index (κ1) is 12.4. The molecule has 0 aliphatic carbocycles. The molecule has 0 aromatic carbocycles. The van der Waals surface area contributed by atoms with E-state index in [1.165, 1.54) is 31.5 Å². The van der Waals surface area contributed by atoms with E-state index in [1.807, 2.05) is 0 Å². The van der Waals surface area contributed by atoms with Crippen LogP contribution in [0.2, 0.25) is 0 Å². The van der Waals surface area contributed by atoms with Crippen LogP contribution in [-0.4, -0.2) is 34.4 Å². The fourth-order valence-electron chi connectivity index (χ4n) is 1.45. The lowest BCUT2D eigenvalue weighted by Crippen LogP contribution is -2.09. The first-order valence-corrected chi connectivity index (χ1v) is 6.96. The summed E-state index contributed by atoms with van der Waals surface area (Å²) in [6.07, 6.45) is 6.83. The number of nitrogens with zero attached hydrogens (tertiary/aromatic N) is 3. The van der Waals surface area contributed by atoms with Crippen molar-refractivity contribution in [2.45, 2.75) is 6.92 Å². The predicted molar refractivity (Wildman–Crippen MR) is 67.5 cm³/mol. The van der Waals surface area contributed by atoms with Crippen LogP contribution < -0.4 is 0 Å². The summed E-state index contributed by atoms with van der Waals surface area (Å²) >= 11 is 0. The zero-order chi connectivity index (χ0) is 13.3. The van der Waals surface area contributed by atoms with Crippen molar-refractivity contribution in [1.82, 2.24) is 13.9 Å². The summed E-state index contributed by atoms with van der Waals surface area (Å²) in [6, 6.07) is 1.56. The Morgan fingerprint density at radius 1 is 1.44 bits per heavy atom. The molecule has 0 aliphatic heterocycles. The van der Waals surface area contributed by atoms with E-state index in [9.17, 15) is 13.2 Å². The van der Waals surface area contributed by atoms with Crippen LogP contribution in [0.15, 0.2) is 24.5 Å². The molecule has 0 saturated heterocycles. The van der Waals surface area contributed by atoms with E-state index in [2.05, 4.69) is 9.97 Å². The number of ketones is 1. The molecule has 0 amide bonds. The molecule has 0 unspecified atom stereocenters. The van der Waals surface area contributed by atoms with E-state index in [0.29, 0.717) is 11.2 Å². The fraction of sp³-hybridized carbons (Fsp3) is 0.182. The van der Waals surface area contributed by atoms with Crippen LogP contribution in [0.4, 0.5) is 0 Å². The second-order valence-corrected chi connectivity index (χ2v) is 5.68. The quantitative estimate of drug-likeness (QED) is 0.768. The minimum atomic E-state index is -3.38. The SMILES string of the molecule is CC(=O)/C=C/c1cnc2c(ccn2S(C)(=O)=O)n1. The third-order valence-electron chi connectivity index (χ3n) is 2.22. The van der Waals surface area contributed by atoms with E-state index < -0.39 is 10.0 Å². The summed E-state index contributed by atoms with van der Waals surface area (Å²) < 4.78 is 24.0. The van der Waals surface area contributed by atoms with Gasteiger partial charge in [-0.25, -0.2) is 22.4 Å². The van der Waals surface area contributed by atoms with Crippen LogP contribution in [0.1, 0.15) is 12.6 Å². The third kappa shape index (κ3) is 2.45. The molecule has 0 atom stereocenters. The Balaban J connectivity index is 2.53. The highest BCUT2D eigenvalue weighted by Gasteiger charge is 2.11. The molecule has 0 spiro atoms. The predicted octanol–water partition coefficient (Wildman–Crippen LogP) is 0.841. The van der Waals surface area contributed by atoms with E-state index in [1.54, 1.807) is 6.07 Å². The van der Waals surface area contributed by atoms with E-state index in [0.717, 1.165) is 10.2 Å². The lowest BCUT2D eigenvalue weighted by Gasteiger charge is -2.00. The van der Waals surface area contributed by atoms with Crippen LogP contribution in [0.5, 0.6) is 0 Å². The second-order valence-electron chi connectivity index (χ2n) is 3.82. The molecule has 0 N–H and O–H groups in total. The Morgan fingerprint density at radius 3 is 2.78 bits per heavy atom. The molecule has 0 radical (unpaired) electrons. The summed E-state index contributed by atoms with van der Waals surface area (Å²) in [4.78, 5) is 19.0. The van der Waals surface area contributed by atoms with Gasteiger partial charge in [0.15, 0.2) is 11.4 Å². The summed E-state index contributed by atoms with van der Waals surface area (Å²) in [6.45, 7) is 1.43. The van der Waals surface area contributed by atoms with Crippen molar-refractivity contribution in [3.05, 3.63) is 30.2 Å². The van der Waals surface area contributed by atoms with Crippen LogP contribution >= 0.6 is 0 Å². The van der Waals surface area contributed by atoms with Gasteiger partial charge in [-0.2, -0.15) is 0 Å². The van der Waals surface area contributed by atoms with Gasteiger partial charge in [0, 0.05) is 6.20 Å². The molecule has 0 aliphatic rings. The molecule has 0 saturated carbocycles. The molecule has 6 nitrogen and oxygen atoms in total. The molecule has 94 valence electrons. The van der Waals surface area contributed by atoms with Crippen LogP contribution in [0, 0.1) is 0 Å². The van der Waals surface area contributed by atoms with Crippen LogP contribution in [0.25, 0.3) is 17.2 Å². The number of fused-ring (bicyclic) bond motifs is 1. The number of allylic oxidation sites excluding steroid dienone is 1. The maximum atomic E-state index is 11.4. The molecule has 0 fully saturated rings. The molecule has 18 heavy (non-hydrogen) atoms. The number of hydrogen-bond donors (Lipinski definition) is 0. The van der Waals surface area contributed by atoms with Crippen molar-refractivity contribution in [3.63, 3.8) is 0 Å². The Hall–Kier alpha value is -2.02. The van der Waals surface area contributed by atoms with Crippen molar-refractivity contribution >= 4 is 33.0 Å². The molecule has 2 aromatic rings. The van der Waals surface area contributed by atoms with Gasteiger partial charge in [0.2, 0.25) is 10.0 Å². The van der Waals surface area contributed by atoms with Gasteiger partial charge in [-0.3, -0.25) is 4.79 Å². The van der Waals surface area contributed by atoms with E-state index in [4.69, 9.17) is 0 Å². The topological polar surface area (TPSA) is 81.9 Å². The summed E-state index contributed by atoms with van der Waals surface area (Å²) in [5.41, 5.74) is 1.24. The Morgan fingerprint density at radius 2 is 2.17 bits per heavy atom. The maximum Gasteiger partial charge on any atom is 0.237 e. The number of carbonyl (C=O) groups excluding carboxylic acids is 1. The van der Waals surface area contributed by atoms with Crippen molar-refractivity contribution in [1.29, 1.82) is 0 Å². The first-order chi connectivity index (χ1) is 8.38. The lowest BCUT2D eigenvalue weighted by atomic mass is 10.3. The Kier molecular flexibility index (Phi) is 3.00. The number of hydrogen-bond acceptors (Lipinski definition) is 5. The van der Waals surface area contributed by atoms with E-state index in [-0.39, 0.29) is 11.4 Å². The minimum Gasteiger partial charge on any atom is -0.295 e. The average molecular weight is 265 g/mol. The summed E-state index contributed by atoms with van der Waals surface area (Å²) in [5, 5.41) is 0. The third-order valence-corrected chi connectivity index (χ3v) is 3.23. The van der Waals surface area contributed by atoms with Crippen molar-refractivity contribution in [2.75, 3.05) is 6.26 Å². The summed E-state index contributed by atoms with van der Waals surface area (Å²) in [5.74, 6) is -0.0920. The van der Waals surface area contributed by atoms with Crippen LogP contribution in [0.3, 0.4) is 0 Å². The van der Waals surface area contributed by atoms with Gasteiger partial charge in [-0.1, -0.05) is 0 Å². The minimum absolute atomic E-state index is 0.0920. The normalized spacial score (nSPS) is 12.3. The van der Waals surface area contributed by atoms with Gasteiger partial charge >= 0.3 is 0 Å². The second kappa shape index (κ2) is 4.34. The zero-order valence-electron chi connectivity index (χ0n) is 9.86. The average Bonchev–Trinajstić information content (AvgIpc) is 2.68. The Bertz CT molecular complexity index is 744. The van der Waals surface area contributed by atoms with Gasteiger partial charge in [-0.05, 0) is 25.1 Å². The molecule has 0 bridgehead atoms. The monoisotopic (exact) mass is 265 g/mol. The highest BCUT2D eigenvalue weighted by Crippen LogP contribution is 2.13. The smallest absolute Gasteiger partial charge is 0.237 e. The molecule has 2 aromatic heterocycles. The van der Waals surface area contributed by atoms with Crippen molar-refractivity contribution < 1.29 is 13.2 Å². The van der Waals surface area contributed by atoms with Gasteiger partial charge in [0.05, 0.1) is 18.1 Å². The highest BCUT2D eigenvalue weighted by molar-refractivity contribution is 7.89. The molecular formula is C11H11N3O3S. The molecule has 2 rings (SSSR count). The largest absolute Gasteiger partial charge is 0.295 e. The van der Waals surface area contributed by atoms with Gasteiger partial charge in [0.1, 0.15) is 5.52 Å². The molecule has 2 heterocycles. The zero-order valence-corrected chi connectivity index (χ0v) is 10.7. The van der Waals surface area contributed by atoms with E-state index >= 15 is 0 Å². The molecular weight excluding hydrogens is 254 g/mol. The van der Waals surface area contributed by atoms with Gasteiger partial charge in [-0.15, -0.1) is 0 Å². The number of carbonyl (C=O) groups is 1. The maximum absolute atomic E-state index is 11.4. The summed E-state index contributed by atoms with van der Waals surface area (Å²) in [7, 11) is -3.38. The van der Waals surface area contributed by atoms with Crippen molar-refractivity contribution in [3.8, 4) is 0 Å².